The summed E-state index contributed by atoms with van der Waals surface area (Å²) in [5.41, 5.74) is 8.84. The summed E-state index contributed by atoms with van der Waals surface area (Å²) in [6.45, 7) is 3.96. The van der Waals surface area contributed by atoms with E-state index < -0.39 is 0 Å². The Morgan fingerprint density at radius 2 is 1.60 bits per heavy atom. The third-order valence-corrected chi connectivity index (χ3v) is 7.40. The topological polar surface area (TPSA) is 76.0 Å². The molecule has 0 unspecified atom stereocenters. The summed E-state index contributed by atoms with van der Waals surface area (Å²) >= 11 is 0. The van der Waals surface area contributed by atoms with Crippen LogP contribution in [0.3, 0.4) is 0 Å². The maximum atomic E-state index is 12.6. The Balaban J connectivity index is 1.17. The van der Waals surface area contributed by atoms with Crippen molar-refractivity contribution in [1.82, 2.24) is 20.6 Å². The molecular formula is C24H30N4O2. The standard InChI is InChI=1S/C24H30N4O2/c1-15-7-16(2)28(27-15)21-5-3-20(4-6-21)23(30)26-25-22(29)14-24-11-17-8-18(12-24)10-19(9-17)13-24/h3-7,17-19H,8-14H2,1-2H3,(H,25,29)(H,26,30). The molecule has 4 saturated carbocycles. The third-order valence-electron chi connectivity index (χ3n) is 7.40. The summed E-state index contributed by atoms with van der Waals surface area (Å²) in [5, 5.41) is 4.46. The zero-order valence-electron chi connectivity index (χ0n) is 17.8. The molecule has 158 valence electrons. The number of amides is 2. The second-order valence-electron chi connectivity index (χ2n) is 9.98. The van der Waals surface area contributed by atoms with E-state index in [1.54, 1.807) is 12.1 Å². The number of carbonyl (C=O) groups is 2. The van der Waals surface area contributed by atoms with Crippen molar-refractivity contribution < 1.29 is 9.59 Å². The van der Waals surface area contributed by atoms with Crippen LogP contribution in [0, 0.1) is 37.0 Å². The van der Waals surface area contributed by atoms with Gasteiger partial charge in [-0.2, -0.15) is 5.10 Å². The molecule has 6 rings (SSSR count). The molecule has 0 spiro atoms. The largest absolute Gasteiger partial charge is 0.273 e. The first-order valence-electron chi connectivity index (χ1n) is 11.1. The normalized spacial score (nSPS) is 29.1. The van der Waals surface area contributed by atoms with Crippen molar-refractivity contribution in [2.24, 2.45) is 23.2 Å². The zero-order chi connectivity index (χ0) is 20.9. The number of hydrogen-bond acceptors (Lipinski definition) is 3. The first kappa shape index (κ1) is 19.3. The molecule has 1 aromatic heterocycles. The highest BCUT2D eigenvalue weighted by Crippen LogP contribution is 2.61. The maximum absolute atomic E-state index is 12.6. The third kappa shape index (κ3) is 3.64. The molecule has 0 atom stereocenters. The molecule has 0 saturated heterocycles. The van der Waals surface area contributed by atoms with Gasteiger partial charge < -0.3 is 0 Å². The van der Waals surface area contributed by atoms with Gasteiger partial charge in [0.1, 0.15) is 0 Å². The average molecular weight is 407 g/mol. The fraction of sp³-hybridized carbons (Fsp3) is 0.542. The number of benzene rings is 1. The lowest BCUT2D eigenvalue weighted by Gasteiger charge is -2.56. The lowest BCUT2D eigenvalue weighted by atomic mass is 9.49. The molecule has 4 aliphatic rings. The number of nitrogens with one attached hydrogen (secondary N) is 2. The molecule has 1 aromatic carbocycles. The summed E-state index contributed by atoms with van der Waals surface area (Å²) in [6, 6.07) is 9.26. The highest BCUT2D eigenvalue weighted by molar-refractivity contribution is 5.95. The molecule has 2 aromatic rings. The van der Waals surface area contributed by atoms with Crippen LogP contribution in [0.15, 0.2) is 30.3 Å². The molecular weight excluding hydrogens is 376 g/mol. The highest BCUT2D eigenvalue weighted by atomic mass is 16.2. The number of hydrogen-bond donors (Lipinski definition) is 2. The van der Waals surface area contributed by atoms with E-state index in [-0.39, 0.29) is 17.2 Å². The first-order valence-corrected chi connectivity index (χ1v) is 11.1. The van der Waals surface area contributed by atoms with E-state index in [0.29, 0.717) is 12.0 Å². The van der Waals surface area contributed by atoms with Crippen molar-refractivity contribution in [3.63, 3.8) is 0 Å². The monoisotopic (exact) mass is 406 g/mol. The van der Waals surface area contributed by atoms with Gasteiger partial charge in [-0.05, 0) is 106 Å². The van der Waals surface area contributed by atoms with E-state index in [1.165, 1.54) is 38.5 Å². The summed E-state index contributed by atoms with van der Waals surface area (Å²) in [5.74, 6) is 2.09. The molecule has 0 aliphatic heterocycles. The van der Waals surface area contributed by atoms with Gasteiger partial charge in [0.05, 0.1) is 11.4 Å². The van der Waals surface area contributed by atoms with Crippen LogP contribution in [0.25, 0.3) is 5.69 Å². The second kappa shape index (κ2) is 7.25. The lowest BCUT2D eigenvalue weighted by Crippen LogP contribution is -2.50. The quantitative estimate of drug-likeness (QED) is 0.757. The number of aryl methyl sites for hydroxylation is 2. The van der Waals surface area contributed by atoms with Crippen molar-refractivity contribution >= 4 is 11.8 Å². The Labute approximate surface area is 177 Å². The Hall–Kier alpha value is -2.63. The molecule has 1 heterocycles. The first-order chi connectivity index (χ1) is 14.4. The summed E-state index contributed by atoms with van der Waals surface area (Å²) in [7, 11) is 0. The minimum absolute atomic E-state index is 0.0652. The fourth-order valence-electron chi connectivity index (χ4n) is 6.73. The van der Waals surface area contributed by atoms with Crippen molar-refractivity contribution in [2.45, 2.75) is 58.8 Å². The highest BCUT2D eigenvalue weighted by Gasteiger charge is 2.51. The average Bonchev–Trinajstić information content (AvgIpc) is 3.03. The lowest BCUT2D eigenvalue weighted by molar-refractivity contribution is -0.130. The van der Waals surface area contributed by atoms with Crippen LogP contribution in [0.5, 0.6) is 0 Å². The molecule has 4 aliphatic carbocycles. The smallest absolute Gasteiger partial charge is 0.269 e. The van der Waals surface area contributed by atoms with Gasteiger partial charge in [-0.1, -0.05) is 0 Å². The Morgan fingerprint density at radius 3 is 2.13 bits per heavy atom. The Kier molecular flexibility index (Phi) is 4.68. The van der Waals surface area contributed by atoms with E-state index >= 15 is 0 Å². The van der Waals surface area contributed by atoms with Crippen LogP contribution in [0.1, 0.15) is 66.7 Å². The second-order valence-corrected chi connectivity index (χ2v) is 9.98. The van der Waals surface area contributed by atoms with Crippen LogP contribution >= 0.6 is 0 Å². The van der Waals surface area contributed by atoms with Crippen molar-refractivity contribution in [1.29, 1.82) is 0 Å². The van der Waals surface area contributed by atoms with Crippen LogP contribution in [-0.4, -0.2) is 21.6 Å². The molecule has 30 heavy (non-hydrogen) atoms. The molecule has 2 N–H and O–H groups in total. The number of aromatic nitrogens is 2. The van der Waals surface area contributed by atoms with E-state index in [9.17, 15) is 9.59 Å². The van der Waals surface area contributed by atoms with Gasteiger partial charge in [0, 0.05) is 17.7 Å². The summed E-state index contributed by atoms with van der Waals surface area (Å²) in [6.07, 6.45) is 8.20. The molecule has 0 radical (unpaired) electrons. The van der Waals surface area contributed by atoms with Gasteiger partial charge in [-0.3, -0.25) is 20.4 Å². The summed E-state index contributed by atoms with van der Waals surface area (Å²) in [4.78, 5) is 25.1. The minimum atomic E-state index is -0.297. The minimum Gasteiger partial charge on any atom is -0.273 e. The van der Waals surface area contributed by atoms with Crippen LogP contribution in [-0.2, 0) is 4.79 Å². The SMILES string of the molecule is Cc1cc(C)n(-c2ccc(C(=O)NNC(=O)CC34CC5CC(CC(C5)C3)C4)cc2)n1. The van der Waals surface area contributed by atoms with Crippen molar-refractivity contribution in [3.8, 4) is 5.69 Å². The molecule has 6 heteroatoms. The van der Waals surface area contributed by atoms with Crippen LogP contribution in [0.2, 0.25) is 0 Å². The fourth-order valence-corrected chi connectivity index (χ4v) is 6.73. The van der Waals surface area contributed by atoms with Gasteiger partial charge in [0.15, 0.2) is 0 Å². The predicted molar refractivity (Wildman–Crippen MR) is 114 cm³/mol. The molecule has 6 nitrogen and oxygen atoms in total. The van der Waals surface area contributed by atoms with E-state index in [4.69, 9.17) is 0 Å². The van der Waals surface area contributed by atoms with E-state index in [2.05, 4.69) is 16.0 Å². The molecule has 2 amide bonds. The van der Waals surface area contributed by atoms with Gasteiger partial charge in [0.2, 0.25) is 5.91 Å². The van der Waals surface area contributed by atoms with Crippen molar-refractivity contribution in [3.05, 3.63) is 47.3 Å². The Morgan fingerprint density at radius 1 is 1.00 bits per heavy atom. The van der Waals surface area contributed by atoms with E-state index in [1.807, 2.05) is 36.7 Å². The summed E-state index contributed by atoms with van der Waals surface area (Å²) < 4.78 is 1.85. The van der Waals surface area contributed by atoms with Crippen LogP contribution in [0.4, 0.5) is 0 Å². The van der Waals surface area contributed by atoms with Crippen LogP contribution < -0.4 is 10.9 Å². The van der Waals surface area contributed by atoms with Gasteiger partial charge in [0.25, 0.3) is 5.91 Å². The number of hydrazine groups is 1. The van der Waals surface area contributed by atoms with Gasteiger partial charge >= 0.3 is 0 Å². The molecule has 4 fully saturated rings. The number of nitrogens with zero attached hydrogens (tertiary/aromatic N) is 2. The molecule has 4 bridgehead atoms. The predicted octanol–water partition coefficient (Wildman–Crippen LogP) is 3.86. The maximum Gasteiger partial charge on any atom is 0.269 e. The number of rotatable bonds is 4. The van der Waals surface area contributed by atoms with Crippen molar-refractivity contribution in [2.75, 3.05) is 0 Å². The van der Waals surface area contributed by atoms with E-state index in [0.717, 1.165) is 34.8 Å². The van der Waals surface area contributed by atoms with Gasteiger partial charge in [-0.15, -0.1) is 0 Å². The number of carbonyl (C=O) groups excluding carboxylic acids is 2. The Bertz CT molecular complexity index is 940. The zero-order valence-corrected chi connectivity index (χ0v) is 17.8. The van der Waals surface area contributed by atoms with Gasteiger partial charge in [-0.25, -0.2) is 4.68 Å².